The molecule has 1 aliphatic carbocycles. The van der Waals surface area contributed by atoms with Crippen LogP contribution in [-0.4, -0.2) is 18.6 Å². The molecule has 2 rings (SSSR count). The quantitative estimate of drug-likeness (QED) is 0.823. The van der Waals surface area contributed by atoms with Gasteiger partial charge in [0.25, 0.3) is 5.91 Å². The normalized spacial score (nSPS) is 13.9. The number of nitrogens with one attached hydrogen (secondary N) is 1. The second-order valence-electron chi connectivity index (χ2n) is 3.74. The highest BCUT2D eigenvalue weighted by atomic mass is 16.5. The van der Waals surface area contributed by atoms with E-state index in [1.54, 1.807) is 24.3 Å². The number of carbonyl (C=O) groups excluding carboxylic acids is 1. The summed E-state index contributed by atoms with van der Waals surface area (Å²) in [7, 11) is 0. The lowest BCUT2D eigenvalue weighted by Gasteiger charge is -2.07. The number of nitriles is 1. The van der Waals surface area contributed by atoms with Gasteiger partial charge in [0.15, 0.2) is 6.61 Å². The molecule has 0 unspecified atom stereocenters. The number of para-hydroxylation sites is 1. The van der Waals surface area contributed by atoms with Crippen molar-refractivity contribution in [3.05, 3.63) is 29.8 Å². The zero-order valence-corrected chi connectivity index (χ0v) is 8.77. The Morgan fingerprint density at radius 2 is 2.25 bits per heavy atom. The molecule has 1 amide bonds. The predicted molar refractivity (Wildman–Crippen MR) is 57.8 cm³/mol. The molecule has 1 aromatic carbocycles. The highest BCUT2D eigenvalue weighted by Gasteiger charge is 2.23. The molecule has 0 aliphatic heterocycles. The fraction of sp³-hybridized carbons (Fsp3) is 0.333. The number of benzene rings is 1. The fourth-order valence-electron chi connectivity index (χ4n) is 1.33. The zero-order valence-electron chi connectivity index (χ0n) is 8.77. The molecular weight excluding hydrogens is 204 g/mol. The summed E-state index contributed by atoms with van der Waals surface area (Å²) in [5.74, 6) is 0.325. The van der Waals surface area contributed by atoms with E-state index < -0.39 is 0 Å². The molecule has 82 valence electrons. The van der Waals surface area contributed by atoms with Gasteiger partial charge in [0.1, 0.15) is 11.8 Å². The van der Waals surface area contributed by atoms with Crippen molar-refractivity contribution in [3.63, 3.8) is 0 Å². The monoisotopic (exact) mass is 216 g/mol. The number of carbonyl (C=O) groups is 1. The number of ether oxygens (including phenoxy) is 1. The predicted octanol–water partition coefficient (Wildman–Crippen LogP) is 1.22. The summed E-state index contributed by atoms with van der Waals surface area (Å²) < 4.78 is 5.28. The minimum atomic E-state index is -0.129. The van der Waals surface area contributed by atoms with Gasteiger partial charge in [0, 0.05) is 6.04 Å². The SMILES string of the molecule is N#Cc1ccccc1OCC(=O)NC1CC1. The molecule has 16 heavy (non-hydrogen) atoms. The Morgan fingerprint density at radius 1 is 1.50 bits per heavy atom. The molecule has 0 radical (unpaired) electrons. The Morgan fingerprint density at radius 3 is 2.94 bits per heavy atom. The van der Waals surface area contributed by atoms with Crippen LogP contribution in [0.1, 0.15) is 18.4 Å². The molecule has 0 heterocycles. The molecular formula is C12H12N2O2. The molecule has 1 aliphatic rings. The Kier molecular flexibility index (Phi) is 3.06. The van der Waals surface area contributed by atoms with Gasteiger partial charge in [-0.3, -0.25) is 4.79 Å². The van der Waals surface area contributed by atoms with Crippen molar-refractivity contribution in [2.24, 2.45) is 0 Å². The van der Waals surface area contributed by atoms with Crippen molar-refractivity contribution < 1.29 is 9.53 Å². The van der Waals surface area contributed by atoms with Crippen LogP contribution in [0.3, 0.4) is 0 Å². The van der Waals surface area contributed by atoms with E-state index in [-0.39, 0.29) is 12.5 Å². The van der Waals surface area contributed by atoms with Crippen LogP contribution in [0.4, 0.5) is 0 Å². The third-order valence-electron chi connectivity index (χ3n) is 2.31. The van der Waals surface area contributed by atoms with Gasteiger partial charge in [-0.2, -0.15) is 5.26 Å². The maximum absolute atomic E-state index is 11.3. The van der Waals surface area contributed by atoms with Crippen LogP contribution in [0.25, 0.3) is 0 Å². The van der Waals surface area contributed by atoms with E-state index in [0.29, 0.717) is 17.4 Å². The first-order valence-electron chi connectivity index (χ1n) is 5.21. The summed E-state index contributed by atoms with van der Waals surface area (Å²) in [6.07, 6.45) is 2.11. The number of hydrogen-bond donors (Lipinski definition) is 1. The molecule has 0 saturated heterocycles. The number of amides is 1. The first-order valence-corrected chi connectivity index (χ1v) is 5.21. The highest BCUT2D eigenvalue weighted by Crippen LogP contribution is 2.19. The summed E-state index contributed by atoms with van der Waals surface area (Å²) in [5.41, 5.74) is 0.446. The van der Waals surface area contributed by atoms with Crippen LogP contribution < -0.4 is 10.1 Å². The minimum absolute atomic E-state index is 0.0325. The van der Waals surface area contributed by atoms with E-state index >= 15 is 0 Å². The zero-order chi connectivity index (χ0) is 11.4. The van der Waals surface area contributed by atoms with E-state index in [0.717, 1.165) is 12.8 Å². The molecule has 1 fully saturated rings. The van der Waals surface area contributed by atoms with E-state index in [9.17, 15) is 4.79 Å². The average molecular weight is 216 g/mol. The largest absolute Gasteiger partial charge is 0.482 e. The van der Waals surface area contributed by atoms with Crippen molar-refractivity contribution in [1.29, 1.82) is 5.26 Å². The van der Waals surface area contributed by atoms with Gasteiger partial charge in [-0.05, 0) is 25.0 Å². The summed E-state index contributed by atoms with van der Waals surface area (Å²) in [6.45, 7) is -0.0325. The number of rotatable bonds is 4. The second kappa shape index (κ2) is 4.67. The molecule has 0 aromatic heterocycles. The maximum Gasteiger partial charge on any atom is 0.258 e. The van der Waals surface area contributed by atoms with Crippen molar-refractivity contribution in [1.82, 2.24) is 5.32 Å². The van der Waals surface area contributed by atoms with Gasteiger partial charge in [-0.15, -0.1) is 0 Å². The van der Waals surface area contributed by atoms with Gasteiger partial charge < -0.3 is 10.1 Å². The van der Waals surface area contributed by atoms with Crippen LogP contribution in [0.15, 0.2) is 24.3 Å². The van der Waals surface area contributed by atoms with Crippen LogP contribution >= 0.6 is 0 Å². The number of hydrogen-bond acceptors (Lipinski definition) is 3. The molecule has 0 bridgehead atoms. The van der Waals surface area contributed by atoms with Crippen molar-refractivity contribution in [2.75, 3.05) is 6.61 Å². The summed E-state index contributed by atoms with van der Waals surface area (Å²) in [4.78, 5) is 11.3. The minimum Gasteiger partial charge on any atom is -0.482 e. The lowest BCUT2D eigenvalue weighted by molar-refractivity contribution is -0.123. The van der Waals surface area contributed by atoms with E-state index in [1.165, 1.54) is 0 Å². The molecule has 0 atom stereocenters. The van der Waals surface area contributed by atoms with Crippen molar-refractivity contribution >= 4 is 5.91 Å². The lowest BCUT2D eigenvalue weighted by Crippen LogP contribution is -2.30. The Bertz CT molecular complexity index is 433. The van der Waals surface area contributed by atoms with Crippen LogP contribution in [0.5, 0.6) is 5.75 Å². The van der Waals surface area contributed by atoms with Gasteiger partial charge in [-0.25, -0.2) is 0 Å². The Labute approximate surface area is 93.8 Å². The third-order valence-corrected chi connectivity index (χ3v) is 2.31. The van der Waals surface area contributed by atoms with Gasteiger partial charge in [0.2, 0.25) is 0 Å². The Balaban J connectivity index is 1.88. The van der Waals surface area contributed by atoms with E-state index in [2.05, 4.69) is 5.32 Å². The Hall–Kier alpha value is -2.02. The van der Waals surface area contributed by atoms with Crippen molar-refractivity contribution in [3.8, 4) is 11.8 Å². The molecule has 0 spiro atoms. The smallest absolute Gasteiger partial charge is 0.258 e. The van der Waals surface area contributed by atoms with Gasteiger partial charge >= 0.3 is 0 Å². The second-order valence-corrected chi connectivity index (χ2v) is 3.74. The summed E-state index contributed by atoms with van der Waals surface area (Å²) in [6, 6.07) is 9.23. The van der Waals surface area contributed by atoms with E-state index in [1.807, 2.05) is 6.07 Å². The van der Waals surface area contributed by atoms with Crippen LogP contribution in [-0.2, 0) is 4.79 Å². The van der Waals surface area contributed by atoms with Crippen LogP contribution in [0, 0.1) is 11.3 Å². The number of nitrogens with zero attached hydrogens (tertiary/aromatic N) is 1. The fourth-order valence-corrected chi connectivity index (χ4v) is 1.33. The first-order chi connectivity index (χ1) is 7.79. The van der Waals surface area contributed by atoms with Crippen LogP contribution in [0.2, 0.25) is 0 Å². The topological polar surface area (TPSA) is 62.1 Å². The van der Waals surface area contributed by atoms with Gasteiger partial charge in [-0.1, -0.05) is 12.1 Å². The molecule has 1 aromatic rings. The van der Waals surface area contributed by atoms with Crippen molar-refractivity contribution in [2.45, 2.75) is 18.9 Å². The molecule has 4 nitrogen and oxygen atoms in total. The highest BCUT2D eigenvalue weighted by molar-refractivity contribution is 5.78. The third kappa shape index (κ3) is 2.74. The standard InChI is InChI=1S/C12H12N2O2/c13-7-9-3-1-2-4-11(9)16-8-12(15)14-10-5-6-10/h1-4,10H,5-6,8H2,(H,14,15). The maximum atomic E-state index is 11.3. The molecule has 4 heteroatoms. The van der Waals surface area contributed by atoms with E-state index in [4.69, 9.17) is 10.00 Å². The summed E-state index contributed by atoms with van der Waals surface area (Å²) >= 11 is 0. The van der Waals surface area contributed by atoms with Gasteiger partial charge in [0.05, 0.1) is 5.56 Å². The molecule has 1 saturated carbocycles. The first kappa shape index (κ1) is 10.5. The molecule has 1 N–H and O–H groups in total. The lowest BCUT2D eigenvalue weighted by atomic mass is 10.2. The average Bonchev–Trinajstić information content (AvgIpc) is 3.10. The summed E-state index contributed by atoms with van der Waals surface area (Å²) in [5, 5.41) is 11.6.